The highest BCUT2D eigenvalue weighted by Crippen LogP contribution is 2.36. The van der Waals surface area contributed by atoms with Crippen molar-refractivity contribution >= 4 is 34.1 Å². The molecule has 3 aromatic rings. The third-order valence-corrected chi connectivity index (χ3v) is 5.50. The van der Waals surface area contributed by atoms with Crippen LogP contribution in [0, 0.1) is 0 Å². The Labute approximate surface area is 170 Å². The molecule has 4 rings (SSSR count). The van der Waals surface area contributed by atoms with Gasteiger partial charge in [0.15, 0.2) is 5.11 Å². The molecular formula is C22H25N5S. The summed E-state index contributed by atoms with van der Waals surface area (Å²) >= 11 is 4.83. The standard InChI is InChI=1S/C22H25N5S/c1-15(25-26-22(23)28)17-12-13-20-19(14-17)24-21(16-8-4-2-5-9-16)27(20)18-10-6-3-7-11-18/h2,4-5,8-9,12-14,18H,3,6-7,10-11H2,1H3,(H3,23,26,28)/b25-15+. The summed E-state index contributed by atoms with van der Waals surface area (Å²) in [7, 11) is 0. The Balaban J connectivity index is 1.82. The summed E-state index contributed by atoms with van der Waals surface area (Å²) in [5.74, 6) is 1.05. The minimum Gasteiger partial charge on any atom is -0.375 e. The van der Waals surface area contributed by atoms with Crippen LogP contribution in [0.2, 0.25) is 0 Å². The van der Waals surface area contributed by atoms with Crippen LogP contribution >= 0.6 is 12.2 Å². The minimum absolute atomic E-state index is 0.161. The number of thiocarbonyl (C=S) groups is 1. The van der Waals surface area contributed by atoms with E-state index in [2.05, 4.69) is 57.6 Å². The van der Waals surface area contributed by atoms with E-state index in [9.17, 15) is 0 Å². The first-order valence-corrected chi connectivity index (χ1v) is 10.2. The van der Waals surface area contributed by atoms with Crippen molar-refractivity contribution in [1.29, 1.82) is 0 Å². The van der Waals surface area contributed by atoms with Crippen LogP contribution in [0.15, 0.2) is 53.6 Å². The van der Waals surface area contributed by atoms with Crippen LogP contribution in [-0.4, -0.2) is 20.4 Å². The maximum atomic E-state index is 5.48. The Morgan fingerprint density at radius 1 is 1.14 bits per heavy atom. The van der Waals surface area contributed by atoms with Gasteiger partial charge in [-0.25, -0.2) is 4.98 Å². The molecule has 0 aliphatic heterocycles. The Hall–Kier alpha value is -2.73. The van der Waals surface area contributed by atoms with Gasteiger partial charge in [0, 0.05) is 11.6 Å². The molecule has 28 heavy (non-hydrogen) atoms. The number of benzene rings is 2. The fourth-order valence-electron chi connectivity index (χ4n) is 4.03. The van der Waals surface area contributed by atoms with E-state index in [4.69, 9.17) is 22.9 Å². The third kappa shape index (κ3) is 3.78. The normalized spacial score (nSPS) is 15.7. The van der Waals surface area contributed by atoms with Gasteiger partial charge in [-0.3, -0.25) is 5.43 Å². The van der Waals surface area contributed by atoms with Gasteiger partial charge in [0.1, 0.15) is 5.82 Å². The maximum Gasteiger partial charge on any atom is 0.184 e. The van der Waals surface area contributed by atoms with Crippen molar-refractivity contribution in [1.82, 2.24) is 15.0 Å². The highest BCUT2D eigenvalue weighted by molar-refractivity contribution is 7.80. The average Bonchev–Trinajstić information content (AvgIpc) is 3.12. The van der Waals surface area contributed by atoms with Gasteiger partial charge >= 0.3 is 0 Å². The monoisotopic (exact) mass is 391 g/mol. The van der Waals surface area contributed by atoms with E-state index in [1.54, 1.807) is 0 Å². The lowest BCUT2D eigenvalue weighted by Gasteiger charge is -2.25. The molecule has 2 aromatic carbocycles. The lowest BCUT2D eigenvalue weighted by molar-refractivity contribution is 0.362. The second-order valence-corrected chi connectivity index (χ2v) is 7.78. The van der Waals surface area contributed by atoms with Gasteiger partial charge in [-0.2, -0.15) is 5.10 Å². The first-order valence-electron chi connectivity index (χ1n) is 9.81. The molecule has 0 amide bonds. The van der Waals surface area contributed by atoms with E-state index in [0.717, 1.165) is 28.2 Å². The molecular weight excluding hydrogens is 366 g/mol. The van der Waals surface area contributed by atoms with E-state index in [1.807, 2.05) is 13.0 Å². The van der Waals surface area contributed by atoms with Gasteiger partial charge in [0.25, 0.3) is 0 Å². The summed E-state index contributed by atoms with van der Waals surface area (Å²) in [6.45, 7) is 1.93. The number of nitrogens with two attached hydrogens (primary N) is 1. The first kappa shape index (κ1) is 18.6. The number of nitrogens with zero attached hydrogens (tertiary/aromatic N) is 3. The predicted molar refractivity (Wildman–Crippen MR) is 119 cm³/mol. The van der Waals surface area contributed by atoms with Crippen LogP contribution < -0.4 is 11.2 Å². The zero-order valence-corrected chi connectivity index (χ0v) is 16.9. The van der Waals surface area contributed by atoms with Gasteiger partial charge in [-0.15, -0.1) is 0 Å². The molecule has 0 radical (unpaired) electrons. The van der Waals surface area contributed by atoms with Crippen molar-refractivity contribution < 1.29 is 0 Å². The molecule has 0 spiro atoms. The predicted octanol–water partition coefficient (Wildman–Crippen LogP) is 4.77. The van der Waals surface area contributed by atoms with E-state index in [1.165, 1.54) is 37.6 Å². The molecule has 1 saturated carbocycles. The van der Waals surface area contributed by atoms with Crippen molar-refractivity contribution in [3.63, 3.8) is 0 Å². The second kappa shape index (κ2) is 8.10. The topological polar surface area (TPSA) is 68.2 Å². The largest absolute Gasteiger partial charge is 0.375 e. The molecule has 1 heterocycles. The molecule has 1 aromatic heterocycles. The van der Waals surface area contributed by atoms with Crippen LogP contribution in [-0.2, 0) is 0 Å². The molecule has 5 nitrogen and oxygen atoms in total. The van der Waals surface area contributed by atoms with Crippen molar-refractivity contribution in [3.05, 3.63) is 54.1 Å². The first-order chi connectivity index (χ1) is 13.6. The summed E-state index contributed by atoms with van der Waals surface area (Å²) in [5.41, 5.74) is 13.3. The molecule has 0 atom stereocenters. The zero-order chi connectivity index (χ0) is 19.5. The van der Waals surface area contributed by atoms with E-state index >= 15 is 0 Å². The van der Waals surface area contributed by atoms with Gasteiger partial charge in [-0.1, -0.05) is 55.7 Å². The van der Waals surface area contributed by atoms with Crippen LogP contribution in [0.5, 0.6) is 0 Å². The van der Waals surface area contributed by atoms with Crippen LogP contribution in [0.3, 0.4) is 0 Å². The van der Waals surface area contributed by atoms with Gasteiger partial charge in [0.2, 0.25) is 0 Å². The number of nitrogens with one attached hydrogen (secondary N) is 1. The maximum absolute atomic E-state index is 5.48. The summed E-state index contributed by atoms with van der Waals surface area (Å²) in [4.78, 5) is 5.03. The number of hydrogen-bond donors (Lipinski definition) is 2. The molecule has 0 bridgehead atoms. The highest BCUT2D eigenvalue weighted by Gasteiger charge is 2.22. The fraction of sp³-hybridized carbons (Fsp3) is 0.318. The van der Waals surface area contributed by atoms with Crippen molar-refractivity contribution in [2.24, 2.45) is 10.8 Å². The van der Waals surface area contributed by atoms with Crippen molar-refractivity contribution in [2.45, 2.75) is 45.1 Å². The number of hydrogen-bond acceptors (Lipinski definition) is 3. The molecule has 1 aliphatic rings. The zero-order valence-electron chi connectivity index (χ0n) is 16.1. The Morgan fingerprint density at radius 3 is 2.61 bits per heavy atom. The number of aromatic nitrogens is 2. The number of fused-ring (bicyclic) bond motifs is 1. The summed E-state index contributed by atoms with van der Waals surface area (Å²) in [6.07, 6.45) is 6.33. The number of hydrazone groups is 1. The minimum atomic E-state index is 0.161. The van der Waals surface area contributed by atoms with Crippen LogP contribution in [0.4, 0.5) is 0 Å². The Kier molecular flexibility index (Phi) is 5.39. The number of imidazole rings is 1. The van der Waals surface area contributed by atoms with Crippen LogP contribution in [0.1, 0.15) is 50.6 Å². The van der Waals surface area contributed by atoms with E-state index in [-0.39, 0.29) is 5.11 Å². The van der Waals surface area contributed by atoms with E-state index < -0.39 is 0 Å². The van der Waals surface area contributed by atoms with Gasteiger partial charge in [-0.05, 0) is 49.7 Å². The molecule has 144 valence electrons. The van der Waals surface area contributed by atoms with Gasteiger partial charge in [0.05, 0.1) is 16.7 Å². The van der Waals surface area contributed by atoms with E-state index in [0.29, 0.717) is 6.04 Å². The fourth-order valence-corrected chi connectivity index (χ4v) is 4.07. The quantitative estimate of drug-likeness (QED) is 0.382. The smallest absolute Gasteiger partial charge is 0.184 e. The third-order valence-electron chi connectivity index (χ3n) is 5.41. The lowest BCUT2D eigenvalue weighted by atomic mass is 9.94. The molecule has 1 fully saturated rings. The lowest BCUT2D eigenvalue weighted by Crippen LogP contribution is -2.25. The van der Waals surface area contributed by atoms with Gasteiger partial charge < -0.3 is 10.3 Å². The molecule has 3 N–H and O–H groups in total. The highest BCUT2D eigenvalue weighted by atomic mass is 32.1. The molecule has 0 unspecified atom stereocenters. The van der Waals surface area contributed by atoms with Crippen LogP contribution in [0.25, 0.3) is 22.4 Å². The Bertz CT molecular complexity index is 1020. The number of rotatable bonds is 4. The molecule has 1 aliphatic carbocycles. The molecule has 0 saturated heterocycles. The summed E-state index contributed by atoms with van der Waals surface area (Å²) < 4.78 is 2.45. The Morgan fingerprint density at radius 2 is 1.89 bits per heavy atom. The average molecular weight is 392 g/mol. The second-order valence-electron chi connectivity index (χ2n) is 7.34. The summed E-state index contributed by atoms with van der Waals surface area (Å²) in [6, 6.07) is 17.3. The molecule has 6 heteroatoms. The SMILES string of the molecule is C/C(=N\NC(N)=S)c1ccc2c(c1)nc(-c1ccccc1)n2C1CCCCC1. The van der Waals surface area contributed by atoms with Crippen molar-refractivity contribution in [2.75, 3.05) is 0 Å². The summed E-state index contributed by atoms with van der Waals surface area (Å²) in [5, 5.41) is 4.40. The van der Waals surface area contributed by atoms with Crippen molar-refractivity contribution in [3.8, 4) is 11.4 Å².